The number of hydrogen-bond donors (Lipinski definition) is 3. The van der Waals surface area contributed by atoms with Gasteiger partial charge < -0.3 is 11.1 Å². The van der Waals surface area contributed by atoms with Crippen LogP contribution in [-0.2, 0) is 10.0 Å². The molecule has 96 valence electrons. The Balaban J connectivity index is 2.39. The molecule has 0 aliphatic heterocycles. The second-order valence-electron chi connectivity index (χ2n) is 3.80. The lowest BCUT2D eigenvalue weighted by molar-refractivity contribution is 0.584. The van der Waals surface area contributed by atoms with E-state index in [1.807, 2.05) is 25.1 Å². The van der Waals surface area contributed by atoms with Crippen LogP contribution in [0.5, 0.6) is 0 Å². The Morgan fingerprint density at radius 1 is 1.29 bits per heavy atom. The number of aryl methyl sites for hydroxylation is 1. The fourth-order valence-electron chi connectivity index (χ4n) is 1.30. The van der Waals surface area contributed by atoms with E-state index in [9.17, 15) is 8.42 Å². The van der Waals surface area contributed by atoms with Crippen molar-refractivity contribution in [1.29, 1.82) is 0 Å². The summed E-state index contributed by atoms with van der Waals surface area (Å²) in [6.45, 7) is 4.46. The zero-order chi connectivity index (χ0) is 12.9. The van der Waals surface area contributed by atoms with Gasteiger partial charge in [-0.25, -0.2) is 13.1 Å². The number of benzene rings is 1. The molecular weight excluding hydrogens is 238 g/mol. The molecule has 0 bridgehead atoms. The monoisotopic (exact) mass is 257 g/mol. The van der Waals surface area contributed by atoms with E-state index in [-0.39, 0.29) is 5.75 Å². The summed E-state index contributed by atoms with van der Waals surface area (Å²) in [7, 11) is -3.10. The maximum Gasteiger partial charge on any atom is 0.211 e. The Hall–Kier alpha value is -1.27. The number of hydrogen-bond acceptors (Lipinski definition) is 4. The lowest BCUT2D eigenvalue weighted by Gasteiger charge is -2.09. The van der Waals surface area contributed by atoms with Crippen molar-refractivity contribution in [2.75, 3.05) is 29.9 Å². The molecule has 0 atom stereocenters. The molecule has 0 saturated heterocycles. The lowest BCUT2D eigenvalue weighted by atomic mass is 10.2. The minimum Gasteiger partial charge on any atom is -0.399 e. The van der Waals surface area contributed by atoms with Crippen LogP contribution in [0.25, 0.3) is 0 Å². The van der Waals surface area contributed by atoms with Gasteiger partial charge in [-0.15, -0.1) is 0 Å². The van der Waals surface area contributed by atoms with Crippen molar-refractivity contribution in [2.45, 2.75) is 13.8 Å². The van der Waals surface area contributed by atoms with Gasteiger partial charge in [0, 0.05) is 24.5 Å². The number of nitrogens with two attached hydrogens (primary N) is 1. The molecule has 1 rings (SSSR count). The maximum atomic E-state index is 11.2. The molecule has 17 heavy (non-hydrogen) atoms. The first-order chi connectivity index (χ1) is 7.94. The van der Waals surface area contributed by atoms with Gasteiger partial charge in [-0.05, 0) is 37.6 Å². The van der Waals surface area contributed by atoms with Gasteiger partial charge in [0.2, 0.25) is 10.0 Å². The van der Waals surface area contributed by atoms with Crippen LogP contribution in [0.1, 0.15) is 12.5 Å². The molecule has 0 radical (unpaired) electrons. The van der Waals surface area contributed by atoms with Gasteiger partial charge in [-0.1, -0.05) is 0 Å². The quantitative estimate of drug-likeness (QED) is 0.523. The molecule has 0 aliphatic carbocycles. The molecule has 0 unspecified atom stereocenters. The van der Waals surface area contributed by atoms with Crippen molar-refractivity contribution in [1.82, 2.24) is 4.72 Å². The second-order valence-corrected chi connectivity index (χ2v) is 5.89. The van der Waals surface area contributed by atoms with Crippen LogP contribution in [0.4, 0.5) is 11.4 Å². The standard InChI is InChI=1S/C11H19N3O2S/c1-3-17(15,16)14-7-6-13-10-4-5-11(12)9(2)8-10/h4-5,8,13-14H,3,6-7,12H2,1-2H3. The van der Waals surface area contributed by atoms with Crippen LogP contribution >= 0.6 is 0 Å². The van der Waals surface area contributed by atoms with Crippen molar-refractivity contribution in [3.63, 3.8) is 0 Å². The number of sulfonamides is 1. The van der Waals surface area contributed by atoms with E-state index in [0.717, 1.165) is 16.9 Å². The first kappa shape index (κ1) is 13.8. The third kappa shape index (κ3) is 4.62. The number of nitrogens with one attached hydrogen (secondary N) is 2. The van der Waals surface area contributed by atoms with Crippen LogP contribution < -0.4 is 15.8 Å². The highest BCUT2D eigenvalue weighted by molar-refractivity contribution is 7.89. The summed E-state index contributed by atoms with van der Waals surface area (Å²) in [6, 6.07) is 5.63. The Kier molecular flexibility index (Phi) is 4.77. The summed E-state index contributed by atoms with van der Waals surface area (Å²) < 4.78 is 24.8. The van der Waals surface area contributed by atoms with Gasteiger partial charge in [0.25, 0.3) is 0 Å². The molecular formula is C11H19N3O2S. The van der Waals surface area contributed by atoms with Crippen LogP contribution in [0.15, 0.2) is 18.2 Å². The first-order valence-electron chi connectivity index (χ1n) is 5.52. The zero-order valence-corrected chi connectivity index (χ0v) is 11.0. The Morgan fingerprint density at radius 2 is 2.00 bits per heavy atom. The van der Waals surface area contributed by atoms with Crippen molar-refractivity contribution in [2.24, 2.45) is 0 Å². The molecule has 0 amide bonds. The van der Waals surface area contributed by atoms with Gasteiger partial charge in [-0.2, -0.15) is 0 Å². The zero-order valence-electron chi connectivity index (χ0n) is 10.2. The average Bonchev–Trinajstić information content (AvgIpc) is 2.29. The fraction of sp³-hybridized carbons (Fsp3) is 0.455. The van der Waals surface area contributed by atoms with Gasteiger partial charge in [0.05, 0.1) is 5.75 Å². The lowest BCUT2D eigenvalue weighted by Crippen LogP contribution is -2.30. The minimum absolute atomic E-state index is 0.105. The molecule has 0 aromatic heterocycles. The molecule has 0 fully saturated rings. The van der Waals surface area contributed by atoms with E-state index in [2.05, 4.69) is 10.0 Å². The maximum absolute atomic E-state index is 11.2. The summed E-state index contributed by atoms with van der Waals surface area (Å²) in [4.78, 5) is 0. The molecule has 0 saturated carbocycles. The largest absolute Gasteiger partial charge is 0.399 e. The smallest absolute Gasteiger partial charge is 0.211 e. The highest BCUT2D eigenvalue weighted by atomic mass is 32.2. The van der Waals surface area contributed by atoms with Crippen molar-refractivity contribution in [3.05, 3.63) is 23.8 Å². The Bertz CT molecular complexity index is 472. The third-order valence-electron chi connectivity index (χ3n) is 2.43. The molecule has 1 aromatic carbocycles. The predicted molar refractivity (Wildman–Crippen MR) is 71.5 cm³/mol. The van der Waals surface area contributed by atoms with E-state index in [1.165, 1.54) is 0 Å². The highest BCUT2D eigenvalue weighted by Gasteiger charge is 2.04. The second kappa shape index (κ2) is 5.88. The summed E-state index contributed by atoms with van der Waals surface area (Å²) in [5.74, 6) is 0.105. The van der Waals surface area contributed by atoms with E-state index in [4.69, 9.17) is 5.73 Å². The van der Waals surface area contributed by atoms with E-state index < -0.39 is 10.0 Å². The molecule has 5 nitrogen and oxygen atoms in total. The first-order valence-corrected chi connectivity index (χ1v) is 7.17. The predicted octanol–water partition coefficient (Wildman–Crippen LogP) is 0.928. The average molecular weight is 257 g/mol. The molecule has 0 spiro atoms. The number of rotatable bonds is 6. The van der Waals surface area contributed by atoms with E-state index >= 15 is 0 Å². The minimum atomic E-state index is -3.10. The summed E-state index contributed by atoms with van der Waals surface area (Å²) >= 11 is 0. The highest BCUT2D eigenvalue weighted by Crippen LogP contribution is 2.15. The Morgan fingerprint density at radius 3 is 2.59 bits per heavy atom. The number of anilines is 2. The molecule has 6 heteroatoms. The van der Waals surface area contributed by atoms with Crippen LogP contribution in [0, 0.1) is 6.92 Å². The van der Waals surface area contributed by atoms with Crippen molar-refractivity contribution >= 4 is 21.4 Å². The van der Waals surface area contributed by atoms with Crippen LogP contribution in [0.2, 0.25) is 0 Å². The van der Waals surface area contributed by atoms with Gasteiger partial charge in [-0.3, -0.25) is 0 Å². The summed E-state index contributed by atoms with van der Waals surface area (Å²) in [5, 5.41) is 3.13. The summed E-state index contributed by atoms with van der Waals surface area (Å²) in [5.41, 5.74) is 8.39. The van der Waals surface area contributed by atoms with Crippen molar-refractivity contribution in [3.8, 4) is 0 Å². The molecule has 4 N–H and O–H groups in total. The van der Waals surface area contributed by atoms with Gasteiger partial charge in [0.15, 0.2) is 0 Å². The van der Waals surface area contributed by atoms with Crippen LogP contribution in [0.3, 0.4) is 0 Å². The normalized spacial score (nSPS) is 11.4. The third-order valence-corrected chi connectivity index (χ3v) is 3.83. The molecule has 0 heterocycles. The Labute approximate surface area is 102 Å². The SMILES string of the molecule is CCS(=O)(=O)NCCNc1ccc(N)c(C)c1. The van der Waals surface area contributed by atoms with Crippen molar-refractivity contribution < 1.29 is 8.42 Å². The van der Waals surface area contributed by atoms with E-state index in [1.54, 1.807) is 6.92 Å². The topological polar surface area (TPSA) is 84.2 Å². The fourth-order valence-corrected chi connectivity index (χ4v) is 1.92. The van der Waals surface area contributed by atoms with Gasteiger partial charge >= 0.3 is 0 Å². The van der Waals surface area contributed by atoms with E-state index in [0.29, 0.717) is 13.1 Å². The van der Waals surface area contributed by atoms with Gasteiger partial charge in [0.1, 0.15) is 0 Å². The van der Waals surface area contributed by atoms with Crippen LogP contribution in [-0.4, -0.2) is 27.3 Å². The molecule has 0 aliphatic rings. The number of nitrogen functional groups attached to an aromatic ring is 1. The summed E-state index contributed by atoms with van der Waals surface area (Å²) in [6.07, 6.45) is 0. The molecule has 1 aromatic rings.